The highest BCUT2D eigenvalue weighted by atomic mass is 79.9. The van der Waals surface area contributed by atoms with Crippen molar-refractivity contribution in [1.29, 1.82) is 0 Å². The van der Waals surface area contributed by atoms with Crippen LogP contribution in [0.4, 0.5) is 5.69 Å². The quantitative estimate of drug-likeness (QED) is 0.764. The van der Waals surface area contributed by atoms with Crippen LogP contribution in [0.5, 0.6) is 0 Å². The molecular formula is C14H17BrN2O2S2. The molecule has 2 rings (SSSR count). The molecule has 0 radical (unpaired) electrons. The molecule has 21 heavy (non-hydrogen) atoms. The molecule has 0 amide bonds. The molecule has 0 bridgehead atoms. The molecule has 0 spiro atoms. The Balaban J connectivity index is 2.39. The first kappa shape index (κ1) is 16.5. The number of benzene rings is 1. The van der Waals surface area contributed by atoms with Crippen LogP contribution in [-0.4, -0.2) is 8.42 Å². The number of hydrogen-bond acceptors (Lipinski definition) is 4. The van der Waals surface area contributed by atoms with Crippen molar-refractivity contribution < 1.29 is 8.42 Å². The molecule has 2 aromatic rings. The molecule has 3 N–H and O–H groups in total. The first-order chi connectivity index (χ1) is 9.85. The molecule has 0 aliphatic heterocycles. The van der Waals surface area contributed by atoms with Crippen molar-refractivity contribution in [1.82, 2.24) is 4.72 Å². The maximum atomic E-state index is 12.6. The molecular weight excluding hydrogens is 372 g/mol. The van der Waals surface area contributed by atoms with Crippen LogP contribution in [0.25, 0.3) is 0 Å². The minimum Gasteiger partial charge on any atom is -0.398 e. The average Bonchev–Trinajstić information content (AvgIpc) is 2.94. The smallest absolute Gasteiger partial charge is 0.241 e. The molecule has 4 nitrogen and oxygen atoms in total. The number of nitrogens with two attached hydrogens (primary N) is 1. The Morgan fingerprint density at radius 3 is 2.71 bits per heavy atom. The lowest BCUT2D eigenvalue weighted by Crippen LogP contribution is -2.28. The summed E-state index contributed by atoms with van der Waals surface area (Å²) in [5.41, 5.74) is 6.87. The first-order valence-corrected chi connectivity index (χ1v) is 9.62. The van der Waals surface area contributed by atoms with Crippen molar-refractivity contribution in [2.75, 3.05) is 5.73 Å². The second-order valence-electron chi connectivity index (χ2n) is 4.72. The molecule has 1 atom stereocenters. The number of halogens is 1. The summed E-state index contributed by atoms with van der Waals surface area (Å²) in [5, 5.41) is 1.94. The van der Waals surface area contributed by atoms with Gasteiger partial charge in [0.05, 0.1) is 10.9 Å². The van der Waals surface area contributed by atoms with Gasteiger partial charge in [0.25, 0.3) is 0 Å². The third kappa shape index (κ3) is 3.66. The number of nitrogens with one attached hydrogen (secondary N) is 1. The van der Waals surface area contributed by atoms with Gasteiger partial charge in [-0.25, -0.2) is 13.1 Å². The van der Waals surface area contributed by atoms with Crippen molar-refractivity contribution in [3.05, 3.63) is 44.6 Å². The van der Waals surface area contributed by atoms with Gasteiger partial charge in [-0.15, -0.1) is 11.3 Å². The molecule has 1 aromatic heterocycles. The summed E-state index contributed by atoms with van der Waals surface area (Å²) in [6.45, 7) is 3.66. The minimum atomic E-state index is -3.63. The summed E-state index contributed by atoms with van der Waals surface area (Å²) >= 11 is 4.83. The van der Waals surface area contributed by atoms with Crippen LogP contribution < -0.4 is 10.5 Å². The van der Waals surface area contributed by atoms with E-state index in [1.54, 1.807) is 30.4 Å². The maximum absolute atomic E-state index is 12.6. The van der Waals surface area contributed by atoms with E-state index in [-0.39, 0.29) is 10.9 Å². The molecule has 114 valence electrons. The van der Waals surface area contributed by atoms with Gasteiger partial charge in [0, 0.05) is 15.0 Å². The lowest BCUT2D eigenvalue weighted by atomic mass is 10.2. The summed E-state index contributed by atoms with van der Waals surface area (Å²) in [6, 6.07) is 6.90. The lowest BCUT2D eigenvalue weighted by molar-refractivity contribution is 0.552. The molecule has 0 aliphatic rings. The maximum Gasteiger partial charge on any atom is 0.241 e. The van der Waals surface area contributed by atoms with Crippen molar-refractivity contribution in [3.63, 3.8) is 0 Å². The highest BCUT2D eigenvalue weighted by molar-refractivity contribution is 9.10. The van der Waals surface area contributed by atoms with Gasteiger partial charge < -0.3 is 5.73 Å². The fraction of sp³-hybridized carbons (Fsp3) is 0.286. The SMILES string of the molecule is CCC(NS(=O)(=O)c1cc(Br)cc(N)c1C)c1cccs1. The fourth-order valence-electron chi connectivity index (χ4n) is 2.04. The van der Waals surface area contributed by atoms with E-state index in [4.69, 9.17) is 5.73 Å². The fourth-order valence-corrected chi connectivity index (χ4v) is 5.20. The number of hydrogen-bond donors (Lipinski definition) is 2. The van der Waals surface area contributed by atoms with Crippen LogP contribution in [0.15, 0.2) is 39.0 Å². The number of thiophene rings is 1. The molecule has 1 aromatic carbocycles. The Labute approximate surface area is 137 Å². The molecule has 0 fully saturated rings. The number of anilines is 1. The van der Waals surface area contributed by atoms with Gasteiger partial charge in [-0.05, 0) is 42.5 Å². The van der Waals surface area contributed by atoms with Gasteiger partial charge in [0.15, 0.2) is 0 Å². The Kier molecular flexibility index (Phi) is 5.08. The van der Waals surface area contributed by atoms with Gasteiger partial charge in [0.1, 0.15) is 0 Å². The van der Waals surface area contributed by atoms with Crippen LogP contribution in [0.1, 0.15) is 29.8 Å². The van der Waals surface area contributed by atoms with Gasteiger partial charge in [-0.1, -0.05) is 28.9 Å². The van der Waals surface area contributed by atoms with E-state index in [1.165, 1.54) is 0 Å². The number of rotatable bonds is 5. The van der Waals surface area contributed by atoms with Crippen molar-refractivity contribution >= 4 is 43.0 Å². The standard InChI is InChI=1S/C14H17BrN2O2S2/c1-3-12(13-5-4-6-20-13)17-21(18,19)14-8-10(15)7-11(16)9(14)2/h4-8,12,17H,3,16H2,1-2H3. The van der Waals surface area contributed by atoms with E-state index in [0.29, 0.717) is 22.1 Å². The second kappa shape index (κ2) is 6.48. The molecule has 1 heterocycles. The molecule has 0 saturated heterocycles. The van der Waals surface area contributed by atoms with Crippen LogP contribution in [0, 0.1) is 6.92 Å². The normalized spacial score (nSPS) is 13.3. The number of sulfonamides is 1. The Bertz CT molecular complexity index is 728. The summed E-state index contributed by atoms with van der Waals surface area (Å²) in [7, 11) is -3.63. The van der Waals surface area contributed by atoms with E-state index >= 15 is 0 Å². The minimum absolute atomic E-state index is 0.212. The zero-order valence-corrected chi connectivity index (χ0v) is 15.0. The number of nitrogen functional groups attached to an aromatic ring is 1. The third-order valence-corrected chi connectivity index (χ3v) is 6.29. The average molecular weight is 389 g/mol. The summed E-state index contributed by atoms with van der Waals surface area (Å²) < 4.78 is 28.7. The van der Waals surface area contributed by atoms with Crippen molar-refractivity contribution in [3.8, 4) is 0 Å². The molecule has 0 aliphatic carbocycles. The van der Waals surface area contributed by atoms with Gasteiger partial charge in [-0.2, -0.15) is 0 Å². The van der Waals surface area contributed by atoms with Crippen LogP contribution in [-0.2, 0) is 10.0 Å². The molecule has 1 unspecified atom stereocenters. The summed E-state index contributed by atoms with van der Waals surface area (Å²) in [4.78, 5) is 1.21. The highest BCUT2D eigenvalue weighted by Gasteiger charge is 2.23. The van der Waals surface area contributed by atoms with E-state index in [9.17, 15) is 8.42 Å². The zero-order chi connectivity index (χ0) is 15.6. The monoisotopic (exact) mass is 388 g/mol. The summed E-state index contributed by atoms with van der Waals surface area (Å²) in [5.74, 6) is 0. The Hall–Kier alpha value is -0.890. The topological polar surface area (TPSA) is 72.2 Å². The second-order valence-corrected chi connectivity index (χ2v) is 8.29. The largest absolute Gasteiger partial charge is 0.398 e. The highest BCUT2D eigenvalue weighted by Crippen LogP contribution is 2.29. The van der Waals surface area contributed by atoms with E-state index in [1.807, 2.05) is 24.4 Å². The molecule has 7 heteroatoms. The third-order valence-electron chi connectivity index (χ3n) is 3.25. The van der Waals surface area contributed by atoms with E-state index in [2.05, 4.69) is 20.7 Å². The van der Waals surface area contributed by atoms with Gasteiger partial charge >= 0.3 is 0 Å². The predicted octanol–water partition coefficient (Wildman–Crippen LogP) is 3.83. The lowest BCUT2D eigenvalue weighted by Gasteiger charge is -2.17. The van der Waals surface area contributed by atoms with Gasteiger partial charge in [0.2, 0.25) is 10.0 Å². The Morgan fingerprint density at radius 1 is 1.43 bits per heavy atom. The van der Waals surface area contributed by atoms with Gasteiger partial charge in [-0.3, -0.25) is 0 Å². The van der Waals surface area contributed by atoms with Crippen LogP contribution in [0.3, 0.4) is 0 Å². The Morgan fingerprint density at radius 2 is 2.14 bits per heavy atom. The van der Waals surface area contributed by atoms with Crippen molar-refractivity contribution in [2.45, 2.75) is 31.2 Å². The molecule has 0 saturated carbocycles. The first-order valence-electron chi connectivity index (χ1n) is 6.46. The summed E-state index contributed by atoms with van der Waals surface area (Å²) in [6.07, 6.45) is 0.683. The van der Waals surface area contributed by atoms with Crippen LogP contribution in [0.2, 0.25) is 0 Å². The zero-order valence-electron chi connectivity index (χ0n) is 11.8. The van der Waals surface area contributed by atoms with Crippen molar-refractivity contribution in [2.24, 2.45) is 0 Å². The van der Waals surface area contributed by atoms with E-state index < -0.39 is 10.0 Å². The predicted molar refractivity (Wildman–Crippen MR) is 91.0 cm³/mol. The van der Waals surface area contributed by atoms with Crippen LogP contribution >= 0.6 is 27.3 Å². The van der Waals surface area contributed by atoms with E-state index in [0.717, 1.165) is 4.88 Å².